The van der Waals surface area contributed by atoms with Gasteiger partial charge >= 0.3 is 0 Å². The molecule has 1 heterocycles. The van der Waals surface area contributed by atoms with Gasteiger partial charge in [0.05, 0.1) is 0 Å². The van der Waals surface area contributed by atoms with Gasteiger partial charge in [0.2, 0.25) is 0 Å². The zero-order chi connectivity index (χ0) is 13.8. The molecule has 1 aromatic carbocycles. The summed E-state index contributed by atoms with van der Waals surface area (Å²) in [7, 11) is 1.43. The third-order valence-electron chi connectivity index (χ3n) is 2.29. The molecule has 1 amide bonds. The summed E-state index contributed by atoms with van der Waals surface area (Å²) in [5.41, 5.74) is 7.06. The molecular weight excluding hydrogens is 269 g/mol. The van der Waals surface area contributed by atoms with Crippen LogP contribution in [-0.2, 0) is 9.53 Å². The summed E-state index contributed by atoms with van der Waals surface area (Å²) in [5, 5.41) is 3.42. The fourth-order valence-electron chi connectivity index (χ4n) is 1.49. The molecule has 0 aliphatic rings. The molecule has 0 bridgehead atoms. The number of carbonyl (C=O) groups excluding carboxylic acids is 1. The van der Waals surface area contributed by atoms with Crippen LogP contribution in [0.25, 0.3) is 11.3 Å². The Morgan fingerprint density at radius 1 is 1.47 bits per heavy atom. The maximum atomic E-state index is 12.8. The summed E-state index contributed by atoms with van der Waals surface area (Å²) in [6.07, 6.45) is 0. The van der Waals surface area contributed by atoms with Crippen molar-refractivity contribution in [3.8, 4) is 11.3 Å². The lowest BCUT2D eigenvalue weighted by Gasteiger charge is -1.99. The van der Waals surface area contributed by atoms with Gasteiger partial charge in [-0.2, -0.15) is 0 Å². The van der Waals surface area contributed by atoms with Crippen molar-refractivity contribution in [1.29, 1.82) is 0 Å². The number of carbonyl (C=O) groups is 1. The Morgan fingerprint density at radius 3 is 2.79 bits per heavy atom. The monoisotopic (exact) mass is 281 g/mol. The molecule has 0 spiro atoms. The largest absolute Gasteiger partial charge is 0.389 e. The van der Waals surface area contributed by atoms with Crippen molar-refractivity contribution in [1.82, 2.24) is 4.98 Å². The zero-order valence-corrected chi connectivity index (χ0v) is 11.0. The SMILES string of the molecule is COCC(=O)Nc1nc(-c2ccc(F)cc2)c(N)s1. The van der Waals surface area contributed by atoms with Crippen molar-refractivity contribution < 1.29 is 13.9 Å². The number of hydrogen-bond acceptors (Lipinski definition) is 5. The number of nitrogens with two attached hydrogens (primary N) is 1. The molecule has 19 heavy (non-hydrogen) atoms. The van der Waals surface area contributed by atoms with Crippen molar-refractivity contribution in [2.75, 3.05) is 24.8 Å². The van der Waals surface area contributed by atoms with Gasteiger partial charge in [0, 0.05) is 12.7 Å². The number of amides is 1. The number of benzene rings is 1. The third-order valence-corrected chi connectivity index (χ3v) is 3.09. The van der Waals surface area contributed by atoms with Gasteiger partial charge < -0.3 is 10.5 Å². The first-order valence-corrected chi connectivity index (χ1v) is 6.23. The van der Waals surface area contributed by atoms with Crippen molar-refractivity contribution in [2.24, 2.45) is 0 Å². The highest BCUT2D eigenvalue weighted by Gasteiger charge is 2.12. The average molecular weight is 281 g/mol. The van der Waals surface area contributed by atoms with E-state index in [9.17, 15) is 9.18 Å². The Bertz CT molecular complexity index is 583. The van der Waals surface area contributed by atoms with E-state index in [1.54, 1.807) is 12.1 Å². The number of nitrogen functional groups attached to an aromatic ring is 1. The van der Waals surface area contributed by atoms with E-state index in [-0.39, 0.29) is 18.3 Å². The summed E-state index contributed by atoms with van der Waals surface area (Å²) < 4.78 is 17.5. The van der Waals surface area contributed by atoms with Gasteiger partial charge in [-0.25, -0.2) is 9.37 Å². The van der Waals surface area contributed by atoms with Crippen LogP contribution in [-0.4, -0.2) is 24.6 Å². The van der Waals surface area contributed by atoms with Crippen LogP contribution in [0.1, 0.15) is 0 Å². The Morgan fingerprint density at radius 2 is 2.16 bits per heavy atom. The summed E-state index contributed by atoms with van der Waals surface area (Å²) in [6, 6.07) is 5.83. The number of anilines is 2. The highest BCUT2D eigenvalue weighted by Crippen LogP contribution is 2.33. The van der Waals surface area contributed by atoms with E-state index in [1.807, 2.05) is 0 Å². The lowest BCUT2D eigenvalue weighted by atomic mass is 10.1. The number of ether oxygens (including phenoxy) is 1. The molecule has 0 saturated heterocycles. The fourth-order valence-corrected chi connectivity index (χ4v) is 2.26. The molecule has 1 aromatic heterocycles. The van der Waals surface area contributed by atoms with Gasteiger partial charge in [0.25, 0.3) is 5.91 Å². The van der Waals surface area contributed by atoms with E-state index in [4.69, 9.17) is 10.5 Å². The number of thiazole rings is 1. The molecule has 5 nitrogen and oxygen atoms in total. The van der Waals surface area contributed by atoms with E-state index < -0.39 is 0 Å². The first kappa shape index (κ1) is 13.4. The van der Waals surface area contributed by atoms with E-state index in [0.717, 1.165) is 11.3 Å². The van der Waals surface area contributed by atoms with Gasteiger partial charge in [0.15, 0.2) is 5.13 Å². The molecule has 0 radical (unpaired) electrons. The lowest BCUT2D eigenvalue weighted by molar-refractivity contribution is -0.119. The summed E-state index contributed by atoms with van der Waals surface area (Å²) in [5.74, 6) is -0.631. The second-order valence-corrected chi connectivity index (χ2v) is 4.75. The fraction of sp³-hybridized carbons (Fsp3) is 0.167. The number of nitrogens with zero attached hydrogens (tertiary/aromatic N) is 1. The van der Waals surface area contributed by atoms with E-state index in [0.29, 0.717) is 21.4 Å². The number of methoxy groups -OCH3 is 1. The van der Waals surface area contributed by atoms with Gasteiger partial charge in [0.1, 0.15) is 23.1 Å². The maximum absolute atomic E-state index is 12.8. The van der Waals surface area contributed by atoms with E-state index in [1.165, 1.54) is 19.2 Å². The Hall–Kier alpha value is -1.99. The number of hydrogen-bond donors (Lipinski definition) is 2. The minimum absolute atomic E-state index is 0.0502. The predicted octanol–water partition coefficient (Wildman–Crippen LogP) is 2.12. The van der Waals surface area contributed by atoms with Gasteiger partial charge in [-0.05, 0) is 24.3 Å². The first-order chi connectivity index (χ1) is 9.10. The van der Waals surface area contributed by atoms with Crippen LogP contribution in [0, 0.1) is 5.82 Å². The van der Waals surface area contributed by atoms with Crippen LogP contribution in [0.3, 0.4) is 0 Å². The smallest absolute Gasteiger partial charge is 0.252 e. The minimum Gasteiger partial charge on any atom is -0.389 e. The van der Waals surface area contributed by atoms with Crippen molar-refractivity contribution in [3.63, 3.8) is 0 Å². The van der Waals surface area contributed by atoms with E-state index in [2.05, 4.69) is 10.3 Å². The van der Waals surface area contributed by atoms with Crippen LogP contribution in [0.5, 0.6) is 0 Å². The zero-order valence-electron chi connectivity index (χ0n) is 10.1. The first-order valence-electron chi connectivity index (χ1n) is 5.41. The second kappa shape index (κ2) is 5.77. The van der Waals surface area contributed by atoms with Gasteiger partial charge in [-0.3, -0.25) is 10.1 Å². The molecule has 0 fully saturated rings. The predicted molar refractivity (Wildman–Crippen MR) is 72.4 cm³/mol. The molecule has 3 N–H and O–H groups in total. The summed E-state index contributed by atoms with van der Waals surface area (Å²) in [6.45, 7) is -0.0502. The third kappa shape index (κ3) is 3.27. The van der Waals surface area contributed by atoms with Crippen LogP contribution in [0.15, 0.2) is 24.3 Å². The molecule has 0 aliphatic carbocycles. The molecule has 100 valence electrons. The molecular formula is C12H12FN3O2S. The van der Waals surface area contributed by atoms with Crippen LogP contribution >= 0.6 is 11.3 Å². The highest BCUT2D eigenvalue weighted by atomic mass is 32.1. The molecule has 0 saturated carbocycles. The van der Waals surface area contributed by atoms with E-state index >= 15 is 0 Å². The molecule has 0 aliphatic heterocycles. The Kier molecular flexibility index (Phi) is 4.08. The van der Waals surface area contributed by atoms with Gasteiger partial charge in [-0.15, -0.1) is 0 Å². The van der Waals surface area contributed by atoms with Crippen LogP contribution in [0.2, 0.25) is 0 Å². The topological polar surface area (TPSA) is 77.2 Å². The Balaban J connectivity index is 2.21. The number of rotatable bonds is 4. The summed E-state index contributed by atoms with van der Waals surface area (Å²) in [4.78, 5) is 15.6. The standard InChI is InChI=1S/C12H12FN3O2S/c1-18-6-9(17)15-12-16-10(11(14)19-12)7-2-4-8(13)5-3-7/h2-5H,6,14H2,1H3,(H,15,16,17). The maximum Gasteiger partial charge on any atom is 0.252 e. The molecule has 0 atom stereocenters. The minimum atomic E-state index is -0.328. The number of aromatic nitrogens is 1. The van der Waals surface area contributed by atoms with Crippen LogP contribution < -0.4 is 11.1 Å². The van der Waals surface area contributed by atoms with Crippen molar-refractivity contribution in [2.45, 2.75) is 0 Å². The molecule has 0 unspecified atom stereocenters. The summed E-state index contributed by atoms with van der Waals surface area (Å²) >= 11 is 1.15. The number of nitrogens with one attached hydrogen (secondary N) is 1. The van der Waals surface area contributed by atoms with Crippen LogP contribution in [0.4, 0.5) is 14.5 Å². The lowest BCUT2D eigenvalue weighted by Crippen LogP contribution is -2.16. The van der Waals surface area contributed by atoms with Gasteiger partial charge in [-0.1, -0.05) is 11.3 Å². The molecule has 2 aromatic rings. The highest BCUT2D eigenvalue weighted by molar-refractivity contribution is 7.20. The quantitative estimate of drug-likeness (QED) is 0.900. The Labute approximate surface area is 113 Å². The number of halogens is 1. The average Bonchev–Trinajstić information content (AvgIpc) is 2.71. The second-order valence-electron chi connectivity index (χ2n) is 3.72. The van der Waals surface area contributed by atoms with Crippen molar-refractivity contribution >= 4 is 27.4 Å². The van der Waals surface area contributed by atoms with Crippen molar-refractivity contribution in [3.05, 3.63) is 30.1 Å². The molecule has 2 rings (SSSR count). The normalized spacial score (nSPS) is 10.4. The molecule has 7 heteroatoms.